The van der Waals surface area contributed by atoms with Gasteiger partial charge in [0.05, 0.1) is 19.6 Å². The van der Waals surface area contributed by atoms with Crippen LogP contribution in [0.4, 0.5) is 22.9 Å². The molecule has 0 saturated carbocycles. The lowest BCUT2D eigenvalue weighted by Gasteiger charge is -2.29. The maximum Gasteiger partial charge on any atom is 0.221 e. The molecule has 0 spiro atoms. The molecule has 2 heterocycles. The molecule has 4 rings (SSSR count). The first kappa shape index (κ1) is 24.5. The van der Waals surface area contributed by atoms with Crippen molar-refractivity contribution < 1.29 is 9.53 Å². The van der Waals surface area contributed by atoms with E-state index in [1.807, 2.05) is 24.3 Å². The van der Waals surface area contributed by atoms with E-state index < -0.39 is 0 Å². The van der Waals surface area contributed by atoms with Gasteiger partial charge in [0, 0.05) is 74.7 Å². The fourth-order valence-corrected chi connectivity index (χ4v) is 4.03. The highest BCUT2D eigenvalue weighted by Crippen LogP contribution is 2.24. The monoisotopic (exact) mass is 474 g/mol. The Bertz CT molecular complexity index is 1080. The summed E-state index contributed by atoms with van der Waals surface area (Å²) in [6.07, 6.45) is 1.84. The fraction of sp³-hybridized carbons (Fsp3) is 0.333. The molecule has 3 aromatic rings. The Labute approximate surface area is 207 Å². The van der Waals surface area contributed by atoms with Crippen LogP contribution >= 0.6 is 0 Å². The van der Waals surface area contributed by atoms with E-state index in [9.17, 15) is 4.79 Å². The first-order valence-electron chi connectivity index (χ1n) is 12.0. The van der Waals surface area contributed by atoms with Crippen LogP contribution in [-0.2, 0) is 22.5 Å². The largest absolute Gasteiger partial charge is 0.381 e. The molecular formula is C27H34N6O2. The maximum atomic E-state index is 11.5. The predicted octanol–water partition coefficient (Wildman–Crippen LogP) is 3.23. The lowest BCUT2D eigenvalue weighted by Crippen LogP contribution is -2.40. The molecule has 0 bridgehead atoms. The molecule has 4 N–H and O–H groups in total. The van der Waals surface area contributed by atoms with Crippen molar-refractivity contribution in [3.63, 3.8) is 0 Å². The molecule has 2 aromatic carbocycles. The molecule has 1 aromatic heterocycles. The lowest BCUT2D eigenvalue weighted by atomic mass is 10.1. The molecule has 1 saturated heterocycles. The van der Waals surface area contributed by atoms with Crippen LogP contribution in [0.2, 0.25) is 0 Å². The molecule has 0 unspecified atom stereocenters. The van der Waals surface area contributed by atoms with Crippen molar-refractivity contribution in [1.29, 1.82) is 0 Å². The van der Waals surface area contributed by atoms with E-state index in [-0.39, 0.29) is 12.3 Å². The van der Waals surface area contributed by atoms with Crippen molar-refractivity contribution in [2.24, 2.45) is 5.73 Å². The van der Waals surface area contributed by atoms with Gasteiger partial charge in [-0.2, -0.15) is 0 Å². The van der Waals surface area contributed by atoms with E-state index in [2.05, 4.69) is 68.9 Å². The number of hydrogen-bond acceptors (Lipinski definition) is 7. The van der Waals surface area contributed by atoms with Crippen LogP contribution < -0.4 is 21.3 Å². The summed E-state index contributed by atoms with van der Waals surface area (Å²) in [5, 5.41) is 6.78. The topological polar surface area (TPSA) is 95.8 Å². The number of benzene rings is 2. The Hall–Kier alpha value is -3.62. The number of primary amides is 1. The number of carbonyl (C=O) groups is 1. The number of rotatable bonds is 11. The number of hydrogen-bond donors (Lipinski definition) is 3. The molecule has 1 fully saturated rings. The molecule has 8 nitrogen and oxygen atoms in total. The minimum atomic E-state index is -0.386. The molecule has 1 aliphatic heterocycles. The number of amides is 1. The van der Waals surface area contributed by atoms with E-state index in [0.29, 0.717) is 12.4 Å². The third-order valence-corrected chi connectivity index (χ3v) is 6.11. The number of carbonyl (C=O) groups excluding carboxylic acids is 1. The Kier molecular flexibility index (Phi) is 8.53. The number of ether oxygens (including phenoxy) is 1. The van der Waals surface area contributed by atoms with Crippen LogP contribution in [0.1, 0.15) is 11.1 Å². The second-order valence-corrected chi connectivity index (χ2v) is 8.76. The summed E-state index contributed by atoms with van der Waals surface area (Å²) in [6.45, 7) is 6.29. The third kappa shape index (κ3) is 7.43. The van der Waals surface area contributed by atoms with Gasteiger partial charge in [-0.3, -0.25) is 9.69 Å². The lowest BCUT2D eigenvalue weighted by molar-refractivity contribution is -0.117. The van der Waals surface area contributed by atoms with Gasteiger partial charge in [0.2, 0.25) is 5.91 Å². The van der Waals surface area contributed by atoms with Crippen LogP contribution in [0.25, 0.3) is 0 Å². The minimum absolute atomic E-state index is 0.135. The zero-order valence-electron chi connectivity index (χ0n) is 20.2. The van der Waals surface area contributed by atoms with E-state index in [0.717, 1.165) is 61.9 Å². The summed E-state index contributed by atoms with van der Waals surface area (Å²) in [4.78, 5) is 20.7. The quantitative estimate of drug-likeness (QED) is 0.393. The molecule has 0 atom stereocenters. The molecular weight excluding hydrogens is 440 g/mol. The van der Waals surface area contributed by atoms with E-state index in [1.54, 1.807) is 6.20 Å². The number of anilines is 4. The molecule has 35 heavy (non-hydrogen) atoms. The van der Waals surface area contributed by atoms with Gasteiger partial charge in [0.1, 0.15) is 5.82 Å². The highest BCUT2D eigenvalue weighted by Gasteiger charge is 2.12. The molecule has 0 aliphatic carbocycles. The van der Waals surface area contributed by atoms with E-state index in [1.165, 1.54) is 5.69 Å². The summed E-state index contributed by atoms with van der Waals surface area (Å²) in [5.74, 6) is 0.311. The Morgan fingerprint density at radius 2 is 1.86 bits per heavy atom. The Morgan fingerprint density at radius 1 is 1.11 bits per heavy atom. The van der Waals surface area contributed by atoms with Crippen molar-refractivity contribution in [3.8, 4) is 0 Å². The van der Waals surface area contributed by atoms with E-state index in [4.69, 9.17) is 10.5 Å². The summed E-state index contributed by atoms with van der Waals surface area (Å²) < 4.78 is 5.43. The van der Waals surface area contributed by atoms with Crippen molar-refractivity contribution in [2.75, 3.05) is 62.0 Å². The first-order chi connectivity index (χ1) is 17.1. The highest BCUT2D eigenvalue weighted by atomic mass is 16.5. The standard InChI is InChI=1S/C27H34N6O2/c1-32(11-12-33-13-15-35-16-14-33)24-9-7-23(8-10-24)31-27-18-25(22(20-30-27)17-26(28)34)29-19-21-5-3-2-4-6-21/h2-10,18,20H,11-17,19H2,1H3,(H2,28,34)(H2,29,30,31). The van der Waals surface area contributed by atoms with Gasteiger partial charge >= 0.3 is 0 Å². The number of nitrogens with two attached hydrogens (primary N) is 1. The number of aromatic nitrogens is 1. The van der Waals surface area contributed by atoms with Crippen LogP contribution in [-0.4, -0.2) is 62.2 Å². The average Bonchev–Trinajstić information content (AvgIpc) is 2.88. The number of nitrogens with one attached hydrogen (secondary N) is 2. The van der Waals surface area contributed by atoms with Gasteiger partial charge in [0.25, 0.3) is 0 Å². The summed E-state index contributed by atoms with van der Waals surface area (Å²) in [6, 6.07) is 20.4. The number of pyridine rings is 1. The number of likely N-dealkylation sites (N-methyl/N-ethyl adjacent to an activating group) is 1. The molecule has 0 radical (unpaired) electrons. The number of morpholine rings is 1. The van der Waals surface area contributed by atoms with E-state index >= 15 is 0 Å². The molecule has 184 valence electrons. The number of nitrogens with zero attached hydrogens (tertiary/aromatic N) is 3. The van der Waals surface area contributed by atoms with Gasteiger partial charge in [0.15, 0.2) is 0 Å². The van der Waals surface area contributed by atoms with Gasteiger partial charge in [-0.1, -0.05) is 30.3 Å². The fourth-order valence-electron chi connectivity index (χ4n) is 4.03. The van der Waals surface area contributed by atoms with Gasteiger partial charge < -0.3 is 26.0 Å². The third-order valence-electron chi connectivity index (χ3n) is 6.11. The van der Waals surface area contributed by atoms with Crippen molar-refractivity contribution in [2.45, 2.75) is 13.0 Å². The maximum absolute atomic E-state index is 11.5. The van der Waals surface area contributed by atoms with Crippen molar-refractivity contribution in [3.05, 3.63) is 78.0 Å². The van der Waals surface area contributed by atoms with Gasteiger partial charge in [-0.25, -0.2) is 4.98 Å². The molecule has 1 amide bonds. The Balaban J connectivity index is 1.38. The first-order valence-corrected chi connectivity index (χ1v) is 12.0. The van der Waals surface area contributed by atoms with Crippen LogP contribution in [0.5, 0.6) is 0 Å². The molecule has 8 heteroatoms. The van der Waals surface area contributed by atoms with Gasteiger partial charge in [-0.05, 0) is 29.8 Å². The smallest absolute Gasteiger partial charge is 0.221 e. The summed E-state index contributed by atoms with van der Waals surface area (Å²) >= 11 is 0. The van der Waals surface area contributed by atoms with Crippen molar-refractivity contribution >= 4 is 28.8 Å². The van der Waals surface area contributed by atoms with Crippen LogP contribution in [0.15, 0.2) is 66.9 Å². The molecule has 1 aliphatic rings. The zero-order chi connectivity index (χ0) is 24.5. The second-order valence-electron chi connectivity index (χ2n) is 8.76. The zero-order valence-corrected chi connectivity index (χ0v) is 20.2. The summed E-state index contributed by atoms with van der Waals surface area (Å²) in [7, 11) is 2.12. The Morgan fingerprint density at radius 3 is 2.57 bits per heavy atom. The summed E-state index contributed by atoms with van der Waals surface area (Å²) in [5.41, 5.74) is 10.3. The highest BCUT2D eigenvalue weighted by molar-refractivity contribution is 5.79. The van der Waals surface area contributed by atoms with Gasteiger partial charge in [-0.15, -0.1) is 0 Å². The predicted molar refractivity (Wildman–Crippen MR) is 141 cm³/mol. The second kappa shape index (κ2) is 12.2. The van der Waals surface area contributed by atoms with Crippen LogP contribution in [0.3, 0.4) is 0 Å². The average molecular weight is 475 g/mol. The normalized spacial score (nSPS) is 13.9. The SMILES string of the molecule is CN(CCN1CCOCC1)c1ccc(Nc2cc(NCc3ccccc3)c(CC(N)=O)cn2)cc1. The van der Waals surface area contributed by atoms with Crippen LogP contribution in [0, 0.1) is 0 Å². The minimum Gasteiger partial charge on any atom is -0.381 e. The van der Waals surface area contributed by atoms with Crippen molar-refractivity contribution in [1.82, 2.24) is 9.88 Å².